The highest BCUT2D eigenvalue weighted by Crippen LogP contribution is 2.52. The van der Waals surface area contributed by atoms with E-state index in [0.29, 0.717) is 5.95 Å². The largest absolute Gasteiger partial charge is 0.381 e. The number of nitrogen functional groups attached to an aromatic ring is 1. The van der Waals surface area contributed by atoms with Gasteiger partial charge in [0.05, 0.1) is 6.10 Å². The summed E-state index contributed by atoms with van der Waals surface area (Å²) >= 11 is 0. The molecule has 1 fully saturated rings. The first kappa shape index (κ1) is 12.4. The molecule has 0 aliphatic heterocycles. The number of aryl methyl sites for hydroxylation is 1. The van der Waals surface area contributed by atoms with Crippen LogP contribution in [0.25, 0.3) is 11.2 Å². The molecule has 0 amide bonds. The number of nitrogens with two attached hydrogens (primary N) is 1. The lowest BCUT2D eigenvalue weighted by molar-refractivity contribution is -0.111. The fourth-order valence-electron chi connectivity index (χ4n) is 3.11. The summed E-state index contributed by atoms with van der Waals surface area (Å²) in [5, 5.41) is 0. The van der Waals surface area contributed by atoms with Crippen LogP contribution in [0.15, 0.2) is 12.3 Å². The Bertz CT molecular complexity index is 632. The van der Waals surface area contributed by atoms with Crippen molar-refractivity contribution in [2.45, 2.75) is 39.3 Å². The molecule has 5 nitrogen and oxygen atoms in total. The molecule has 2 aromatic heterocycles. The van der Waals surface area contributed by atoms with Crippen LogP contribution < -0.4 is 5.73 Å². The van der Waals surface area contributed by atoms with Crippen LogP contribution >= 0.6 is 0 Å². The number of anilines is 1. The number of aromatic nitrogens is 3. The van der Waals surface area contributed by atoms with Gasteiger partial charge in [0.15, 0.2) is 5.65 Å². The third kappa shape index (κ3) is 1.64. The smallest absolute Gasteiger partial charge is 0.202 e. The van der Waals surface area contributed by atoms with Crippen molar-refractivity contribution in [3.8, 4) is 0 Å². The standard InChI is InChI=1S/C14H20N4O/c1-8-5-9-12(16-7-8)18(13(15)17-9)10-6-11(19-4)14(10,2)3/h5,7,10-11H,6H2,1-4H3,(H2,15,17). The number of hydrogen-bond acceptors (Lipinski definition) is 4. The van der Waals surface area contributed by atoms with Gasteiger partial charge in [-0.15, -0.1) is 0 Å². The summed E-state index contributed by atoms with van der Waals surface area (Å²) in [6.45, 7) is 6.42. The van der Waals surface area contributed by atoms with Gasteiger partial charge in [0.1, 0.15) is 5.52 Å². The minimum absolute atomic E-state index is 0.0447. The lowest BCUT2D eigenvalue weighted by Crippen LogP contribution is -2.51. The molecule has 19 heavy (non-hydrogen) atoms. The SMILES string of the molecule is COC1CC(n2c(N)nc3cc(C)cnc32)C1(C)C. The van der Waals surface area contributed by atoms with Crippen molar-refractivity contribution in [1.29, 1.82) is 0 Å². The van der Waals surface area contributed by atoms with Gasteiger partial charge in [-0.05, 0) is 25.0 Å². The summed E-state index contributed by atoms with van der Waals surface area (Å²) in [5.41, 5.74) is 8.98. The second kappa shape index (κ2) is 3.93. The van der Waals surface area contributed by atoms with Gasteiger partial charge >= 0.3 is 0 Å². The van der Waals surface area contributed by atoms with Gasteiger partial charge in [0.25, 0.3) is 0 Å². The summed E-state index contributed by atoms with van der Waals surface area (Å²) in [6, 6.07) is 2.31. The molecule has 3 rings (SSSR count). The van der Waals surface area contributed by atoms with Crippen LogP contribution in [0.4, 0.5) is 5.95 Å². The predicted octanol–water partition coefficient (Wildman–Crippen LogP) is 2.31. The molecule has 2 atom stereocenters. The molecule has 0 radical (unpaired) electrons. The maximum absolute atomic E-state index is 6.09. The first-order valence-electron chi connectivity index (χ1n) is 6.58. The third-order valence-electron chi connectivity index (χ3n) is 4.42. The quantitative estimate of drug-likeness (QED) is 0.899. The van der Waals surface area contributed by atoms with Gasteiger partial charge in [-0.2, -0.15) is 0 Å². The van der Waals surface area contributed by atoms with Gasteiger partial charge in [0.2, 0.25) is 5.95 Å². The van der Waals surface area contributed by atoms with Crippen LogP contribution in [0.1, 0.15) is 31.9 Å². The number of nitrogens with zero attached hydrogens (tertiary/aromatic N) is 3. The molecule has 2 unspecified atom stereocenters. The molecule has 2 aromatic rings. The lowest BCUT2D eigenvalue weighted by atomic mass is 9.64. The highest BCUT2D eigenvalue weighted by Gasteiger charge is 2.50. The van der Waals surface area contributed by atoms with E-state index in [1.165, 1.54) is 0 Å². The third-order valence-corrected chi connectivity index (χ3v) is 4.42. The topological polar surface area (TPSA) is 66.0 Å². The van der Waals surface area contributed by atoms with E-state index in [9.17, 15) is 0 Å². The van der Waals surface area contributed by atoms with E-state index >= 15 is 0 Å². The Labute approximate surface area is 112 Å². The van der Waals surface area contributed by atoms with Crippen LogP contribution in [0.5, 0.6) is 0 Å². The average Bonchev–Trinajstić information content (AvgIpc) is 2.64. The maximum atomic E-state index is 6.09. The fraction of sp³-hybridized carbons (Fsp3) is 0.571. The van der Waals surface area contributed by atoms with E-state index in [0.717, 1.165) is 23.1 Å². The van der Waals surface area contributed by atoms with Crippen LogP contribution in [-0.2, 0) is 4.74 Å². The number of rotatable bonds is 2. The molecule has 1 saturated carbocycles. The summed E-state index contributed by atoms with van der Waals surface area (Å²) < 4.78 is 7.57. The van der Waals surface area contributed by atoms with Gasteiger partial charge in [-0.1, -0.05) is 13.8 Å². The van der Waals surface area contributed by atoms with Crippen LogP contribution in [0.3, 0.4) is 0 Å². The normalized spacial score (nSPS) is 25.5. The molecule has 5 heteroatoms. The summed E-state index contributed by atoms with van der Waals surface area (Å²) in [6.07, 6.45) is 3.08. The fourth-order valence-corrected chi connectivity index (χ4v) is 3.11. The van der Waals surface area contributed by atoms with Gasteiger partial charge in [0, 0.05) is 24.8 Å². The number of pyridine rings is 1. The maximum Gasteiger partial charge on any atom is 0.202 e. The Morgan fingerprint density at radius 1 is 1.47 bits per heavy atom. The average molecular weight is 260 g/mol. The second-order valence-electron chi connectivity index (χ2n) is 5.99. The zero-order valence-corrected chi connectivity index (χ0v) is 11.8. The molecule has 2 N–H and O–H groups in total. The molecule has 0 aromatic carbocycles. The number of fused-ring (bicyclic) bond motifs is 1. The minimum Gasteiger partial charge on any atom is -0.381 e. The number of ether oxygens (including phenoxy) is 1. The van der Waals surface area contributed by atoms with Crippen molar-refractivity contribution in [1.82, 2.24) is 14.5 Å². The van der Waals surface area contributed by atoms with E-state index in [1.807, 2.05) is 19.2 Å². The van der Waals surface area contributed by atoms with Gasteiger partial charge < -0.3 is 10.5 Å². The van der Waals surface area contributed by atoms with Crippen molar-refractivity contribution in [2.24, 2.45) is 5.41 Å². The molecule has 1 aliphatic carbocycles. The van der Waals surface area contributed by atoms with Crippen molar-refractivity contribution in [2.75, 3.05) is 12.8 Å². The van der Waals surface area contributed by atoms with Crippen molar-refractivity contribution in [3.05, 3.63) is 17.8 Å². The summed E-state index contributed by atoms with van der Waals surface area (Å²) in [4.78, 5) is 8.93. The zero-order chi connectivity index (χ0) is 13.8. The Morgan fingerprint density at radius 2 is 2.21 bits per heavy atom. The first-order chi connectivity index (χ1) is 8.95. The van der Waals surface area contributed by atoms with Gasteiger partial charge in [-0.3, -0.25) is 4.57 Å². The van der Waals surface area contributed by atoms with Crippen molar-refractivity contribution >= 4 is 17.1 Å². The number of imidazole rings is 1. The first-order valence-corrected chi connectivity index (χ1v) is 6.58. The van der Waals surface area contributed by atoms with Crippen LogP contribution in [0, 0.1) is 12.3 Å². The van der Waals surface area contributed by atoms with E-state index in [4.69, 9.17) is 10.5 Å². The number of methoxy groups -OCH3 is 1. The lowest BCUT2D eigenvalue weighted by Gasteiger charge is -2.51. The van der Waals surface area contributed by atoms with E-state index in [1.54, 1.807) is 7.11 Å². The van der Waals surface area contributed by atoms with E-state index in [2.05, 4.69) is 28.4 Å². The Balaban J connectivity index is 2.09. The van der Waals surface area contributed by atoms with Crippen LogP contribution in [-0.4, -0.2) is 27.7 Å². The van der Waals surface area contributed by atoms with Crippen molar-refractivity contribution < 1.29 is 4.74 Å². The van der Waals surface area contributed by atoms with E-state index in [-0.39, 0.29) is 17.6 Å². The monoisotopic (exact) mass is 260 g/mol. The molecule has 102 valence electrons. The summed E-state index contributed by atoms with van der Waals surface area (Å²) in [5.74, 6) is 0.542. The van der Waals surface area contributed by atoms with Crippen LogP contribution in [0.2, 0.25) is 0 Å². The zero-order valence-electron chi connectivity index (χ0n) is 11.8. The molecular formula is C14H20N4O. The highest BCUT2D eigenvalue weighted by atomic mass is 16.5. The molecule has 0 bridgehead atoms. The predicted molar refractivity (Wildman–Crippen MR) is 74.9 cm³/mol. The molecule has 0 spiro atoms. The Kier molecular flexibility index (Phi) is 2.57. The second-order valence-corrected chi connectivity index (χ2v) is 5.99. The molecule has 1 aliphatic rings. The molecular weight excluding hydrogens is 240 g/mol. The molecule has 2 heterocycles. The minimum atomic E-state index is 0.0447. The number of hydrogen-bond donors (Lipinski definition) is 1. The molecule has 0 saturated heterocycles. The highest BCUT2D eigenvalue weighted by molar-refractivity contribution is 5.75. The van der Waals surface area contributed by atoms with Gasteiger partial charge in [-0.25, -0.2) is 9.97 Å². The Morgan fingerprint density at radius 3 is 2.84 bits per heavy atom. The summed E-state index contributed by atoms with van der Waals surface area (Å²) in [7, 11) is 1.76. The Hall–Kier alpha value is -1.62. The van der Waals surface area contributed by atoms with E-state index < -0.39 is 0 Å². The van der Waals surface area contributed by atoms with Crippen molar-refractivity contribution in [3.63, 3.8) is 0 Å².